The van der Waals surface area contributed by atoms with Crippen LogP contribution in [0.4, 0.5) is 0 Å². The van der Waals surface area contributed by atoms with Gasteiger partial charge in [-0.3, -0.25) is 4.99 Å². The van der Waals surface area contributed by atoms with Gasteiger partial charge in [-0.25, -0.2) is 0 Å². The van der Waals surface area contributed by atoms with Gasteiger partial charge in [-0.2, -0.15) is 0 Å². The number of amidine groups is 1. The summed E-state index contributed by atoms with van der Waals surface area (Å²) in [7, 11) is 0. The van der Waals surface area contributed by atoms with Gasteiger partial charge in [0.1, 0.15) is 0 Å². The van der Waals surface area contributed by atoms with Crippen molar-refractivity contribution in [3.05, 3.63) is 0 Å². The van der Waals surface area contributed by atoms with E-state index < -0.39 is 0 Å². The topological polar surface area (TPSA) is 41.6 Å². The molecule has 0 aromatic carbocycles. The fourth-order valence-electron chi connectivity index (χ4n) is 1.45. The van der Waals surface area contributed by atoms with Gasteiger partial charge in [0.2, 0.25) is 0 Å². The highest BCUT2D eigenvalue weighted by molar-refractivity contribution is 8.14. The Morgan fingerprint density at radius 1 is 1.54 bits per heavy atom. The molecule has 1 rings (SSSR count). The van der Waals surface area contributed by atoms with E-state index in [1.165, 1.54) is 13.0 Å². The van der Waals surface area contributed by atoms with E-state index in [4.69, 9.17) is 5.73 Å². The van der Waals surface area contributed by atoms with Crippen LogP contribution in [0.3, 0.4) is 0 Å². The van der Waals surface area contributed by atoms with Crippen molar-refractivity contribution in [2.75, 3.05) is 26.2 Å². The molecule has 0 radical (unpaired) electrons. The van der Waals surface area contributed by atoms with Crippen LogP contribution in [0.1, 0.15) is 20.3 Å². The zero-order valence-corrected chi connectivity index (χ0v) is 9.31. The number of hydrogen-bond acceptors (Lipinski definition) is 4. The van der Waals surface area contributed by atoms with E-state index in [0.717, 1.165) is 24.8 Å². The molecule has 0 fully saturated rings. The number of nitrogens with two attached hydrogens (primary N) is 1. The largest absolute Gasteiger partial charge is 0.379 e. The van der Waals surface area contributed by atoms with Crippen molar-refractivity contribution in [2.45, 2.75) is 25.5 Å². The van der Waals surface area contributed by atoms with E-state index in [2.05, 4.69) is 23.7 Å². The van der Waals surface area contributed by atoms with Gasteiger partial charge in [-0.15, -0.1) is 0 Å². The summed E-state index contributed by atoms with van der Waals surface area (Å²) < 4.78 is 0. The van der Waals surface area contributed by atoms with Crippen LogP contribution in [-0.2, 0) is 0 Å². The number of rotatable bonds is 5. The van der Waals surface area contributed by atoms with Gasteiger partial charge < -0.3 is 10.6 Å². The van der Waals surface area contributed by atoms with E-state index in [9.17, 15) is 0 Å². The Labute approximate surface area is 84.8 Å². The van der Waals surface area contributed by atoms with Crippen molar-refractivity contribution in [3.8, 4) is 0 Å². The number of hydrogen-bond donors (Lipinski definition) is 1. The van der Waals surface area contributed by atoms with Crippen LogP contribution in [0.25, 0.3) is 0 Å². The summed E-state index contributed by atoms with van der Waals surface area (Å²) >= 11 is 1.73. The fourth-order valence-corrected chi connectivity index (χ4v) is 2.32. The van der Waals surface area contributed by atoms with Crippen molar-refractivity contribution in [1.29, 1.82) is 0 Å². The van der Waals surface area contributed by atoms with Crippen molar-refractivity contribution < 1.29 is 0 Å². The van der Waals surface area contributed by atoms with Crippen LogP contribution in [0.2, 0.25) is 0 Å². The van der Waals surface area contributed by atoms with Crippen LogP contribution < -0.4 is 5.73 Å². The number of thioether (sulfide) groups is 1. The molecule has 4 heteroatoms. The van der Waals surface area contributed by atoms with Gasteiger partial charge in [0.15, 0.2) is 5.17 Å². The quantitative estimate of drug-likeness (QED) is 0.725. The third-order valence-electron chi connectivity index (χ3n) is 2.40. The van der Waals surface area contributed by atoms with Crippen molar-refractivity contribution in [3.63, 3.8) is 0 Å². The average Bonchev–Trinajstić information content (AvgIpc) is 2.53. The molecule has 1 aliphatic heterocycles. The predicted molar refractivity (Wildman–Crippen MR) is 60.3 cm³/mol. The smallest absolute Gasteiger partial charge is 0.154 e. The van der Waals surface area contributed by atoms with Crippen LogP contribution in [0.5, 0.6) is 0 Å². The highest BCUT2D eigenvalue weighted by Crippen LogP contribution is 2.21. The molecule has 0 saturated heterocycles. The molecule has 1 aliphatic rings. The Hall–Kier alpha value is -0.220. The molecule has 0 bridgehead atoms. The van der Waals surface area contributed by atoms with Gasteiger partial charge in [0, 0.05) is 5.25 Å². The molecule has 1 heterocycles. The van der Waals surface area contributed by atoms with E-state index in [1.54, 1.807) is 11.8 Å². The van der Waals surface area contributed by atoms with Gasteiger partial charge in [-0.05, 0) is 26.1 Å². The average molecular weight is 201 g/mol. The Morgan fingerprint density at radius 3 is 2.69 bits per heavy atom. The minimum Gasteiger partial charge on any atom is -0.379 e. The molecule has 0 aliphatic carbocycles. The van der Waals surface area contributed by atoms with Gasteiger partial charge >= 0.3 is 0 Å². The molecule has 0 aromatic heterocycles. The molecule has 76 valence electrons. The van der Waals surface area contributed by atoms with Crippen LogP contribution in [0.15, 0.2) is 4.99 Å². The predicted octanol–water partition coefficient (Wildman–Crippen LogP) is 1.15. The Balaban J connectivity index is 2.13. The number of nitrogens with zero attached hydrogens (tertiary/aromatic N) is 2. The SMILES string of the molecule is CCN(CC)CCC1CN=C(N)S1. The summed E-state index contributed by atoms with van der Waals surface area (Å²) in [5, 5.41) is 1.39. The second-order valence-corrected chi connectivity index (χ2v) is 4.55. The standard InChI is InChI=1S/C9H19N3S/c1-3-12(4-2)6-5-8-7-11-9(10)13-8/h8H,3-7H2,1-2H3,(H2,10,11). The van der Waals surface area contributed by atoms with E-state index in [0.29, 0.717) is 5.25 Å². The second-order valence-electron chi connectivity index (χ2n) is 3.23. The van der Waals surface area contributed by atoms with Crippen molar-refractivity contribution >= 4 is 16.9 Å². The normalized spacial score (nSPS) is 22.4. The molecule has 0 aromatic rings. The first-order valence-electron chi connectivity index (χ1n) is 4.95. The van der Waals surface area contributed by atoms with E-state index in [-0.39, 0.29) is 0 Å². The summed E-state index contributed by atoms with van der Waals surface area (Å²) in [5.41, 5.74) is 5.60. The minimum absolute atomic E-state index is 0.626. The Bertz CT molecular complexity index is 178. The molecular formula is C9H19N3S. The minimum atomic E-state index is 0.626. The van der Waals surface area contributed by atoms with Gasteiger partial charge in [0.25, 0.3) is 0 Å². The maximum Gasteiger partial charge on any atom is 0.154 e. The molecule has 13 heavy (non-hydrogen) atoms. The molecule has 2 N–H and O–H groups in total. The van der Waals surface area contributed by atoms with Gasteiger partial charge in [0.05, 0.1) is 6.54 Å². The maximum atomic E-state index is 5.60. The fraction of sp³-hybridized carbons (Fsp3) is 0.889. The third kappa shape index (κ3) is 3.56. The summed E-state index contributed by atoms with van der Waals surface area (Å²) in [6, 6.07) is 0. The first kappa shape index (κ1) is 10.9. The highest BCUT2D eigenvalue weighted by atomic mass is 32.2. The van der Waals surface area contributed by atoms with Crippen molar-refractivity contribution in [1.82, 2.24) is 4.90 Å². The third-order valence-corrected chi connectivity index (χ3v) is 3.49. The molecular weight excluding hydrogens is 182 g/mol. The van der Waals surface area contributed by atoms with Crippen LogP contribution in [0, 0.1) is 0 Å². The molecule has 1 atom stereocenters. The molecule has 1 unspecified atom stereocenters. The maximum absolute atomic E-state index is 5.60. The summed E-state index contributed by atoms with van der Waals surface area (Å²) in [6.45, 7) is 8.78. The molecule has 0 saturated carbocycles. The van der Waals surface area contributed by atoms with Crippen molar-refractivity contribution in [2.24, 2.45) is 10.7 Å². The summed E-state index contributed by atoms with van der Waals surface area (Å²) in [5.74, 6) is 0. The number of aliphatic imine (C=N–C) groups is 1. The monoisotopic (exact) mass is 201 g/mol. The van der Waals surface area contributed by atoms with Gasteiger partial charge in [-0.1, -0.05) is 25.6 Å². The van der Waals surface area contributed by atoms with Crippen LogP contribution in [-0.4, -0.2) is 41.5 Å². The zero-order valence-electron chi connectivity index (χ0n) is 8.49. The Morgan fingerprint density at radius 2 is 2.23 bits per heavy atom. The van der Waals surface area contributed by atoms with E-state index in [1.807, 2.05) is 0 Å². The second kappa shape index (κ2) is 5.50. The summed E-state index contributed by atoms with van der Waals surface area (Å²) in [4.78, 5) is 6.63. The molecule has 0 spiro atoms. The molecule has 3 nitrogen and oxygen atoms in total. The highest BCUT2D eigenvalue weighted by Gasteiger charge is 2.17. The zero-order chi connectivity index (χ0) is 9.68. The lowest BCUT2D eigenvalue weighted by Gasteiger charge is -2.19. The lowest BCUT2D eigenvalue weighted by molar-refractivity contribution is 0.299. The summed E-state index contributed by atoms with van der Waals surface area (Å²) in [6.07, 6.45) is 1.20. The van der Waals surface area contributed by atoms with E-state index >= 15 is 0 Å². The Kier molecular flexibility index (Phi) is 4.59. The van der Waals surface area contributed by atoms with Crippen LogP contribution >= 0.6 is 11.8 Å². The molecule has 0 amide bonds. The lowest BCUT2D eigenvalue weighted by atomic mass is 10.3. The lowest BCUT2D eigenvalue weighted by Crippen LogP contribution is -2.26. The first-order valence-corrected chi connectivity index (χ1v) is 5.83. The first-order chi connectivity index (χ1) is 6.26.